The molecule has 1 aliphatic rings. The standard InChI is InChI=1S/C25H21N5O5/c1-32-19-5-3-15(11-21(19)33-2)14-29-8-7-18-17(24(29)31)13-26-25-27-23(28-30(18)25)16-4-6-20-22(12-16)35-10-9-34-20/h3-8,11-13H,9-10,14H2,1-2H3. The fraction of sp³-hybridized carbons (Fsp3) is 0.200. The molecule has 10 nitrogen and oxygen atoms in total. The van der Waals surface area contributed by atoms with E-state index >= 15 is 0 Å². The summed E-state index contributed by atoms with van der Waals surface area (Å²) in [6, 6.07) is 13.0. The summed E-state index contributed by atoms with van der Waals surface area (Å²) in [5.41, 5.74) is 2.12. The van der Waals surface area contributed by atoms with E-state index in [0.717, 1.165) is 11.1 Å². The van der Waals surface area contributed by atoms with E-state index in [1.54, 1.807) is 35.7 Å². The molecule has 4 heterocycles. The summed E-state index contributed by atoms with van der Waals surface area (Å²) in [5, 5.41) is 5.07. The monoisotopic (exact) mass is 471 g/mol. The highest BCUT2D eigenvalue weighted by Gasteiger charge is 2.17. The van der Waals surface area contributed by atoms with Crippen LogP contribution in [0.1, 0.15) is 5.56 Å². The van der Waals surface area contributed by atoms with Gasteiger partial charge in [-0.15, -0.1) is 5.10 Å². The molecule has 6 rings (SSSR count). The zero-order valence-electron chi connectivity index (χ0n) is 19.1. The van der Waals surface area contributed by atoms with E-state index in [-0.39, 0.29) is 5.56 Å². The molecular formula is C25H21N5O5. The largest absolute Gasteiger partial charge is 0.493 e. The molecule has 5 aromatic rings. The number of aromatic nitrogens is 5. The quantitative estimate of drug-likeness (QED) is 0.386. The zero-order valence-corrected chi connectivity index (χ0v) is 19.1. The Hall–Kier alpha value is -4.60. The van der Waals surface area contributed by atoms with Crippen molar-refractivity contribution >= 4 is 16.7 Å². The van der Waals surface area contributed by atoms with E-state index in [1.807, 2.05) is 42.5 Å². The van der Waals surface area contributed by atoms with Crippen molar-refractivity contribution in [3.8, 4) is 34.4 Å². The maximum Gasteiger partial charge on any atom is 0.261 e. The van der Waals surface area contributed by atoms with Gasteiger partial charge in [-0.2, -0.15) is 9.50 Å². The second-order valence-corrected chi connectivity index (χ2v) is 8.00. The van der Waals surface area contributed by atoms with Crippen LogP contribution in [0.25, 0.3) is 28.1 Å². The first-order valence-electron chi connectivity index (χ1n) is 11.0. The van der Waals surface area contributed by atoms with Gasteiger partial charge < -0.3 is 23.5 Å². The molecule has 0 bridgehead atoms. The lowest BCUT2D eigenvalue weighted by molar-refractivity contribution is 0.171. The normalized spacial score (nSPS) is 12.7. The lowest BCUT2D eigenvalue weighted by Gasteiger charge is -2.18. The van der Waals surface area contributed by atoms with Crippen molar-refractivity contribution < 1.29 is 18.9 Å². The zero-order chi connectivity index (χ0) is 23.9. The predicted molar refractivity (Wildman–Crippen MR) is 128 cm³/mol. The van der Waals surface area contributed by atoms with Gasteiger partial charge in [-0.1, -0.05) is 6.07 Å². The van der Waals surface area contributed by atoms with E-state index in [9.17, 15) is 4.79 Å². The molecule has 0 radical (unpaired) electrons. The molecule has 10 heteroatoms. The minimum absolute atomic E-state index is 0.178. The third-order valence-corrected chi connectivity index (χ3v) is 5.91. The average molecular weight is 471 g/mol. The van der Waals surface area contributed by atoms with Gasteiger partial charge in [0, 0.05) is 18.0 Å². The van der Waals surface area contributed by atoms with Crippen LogP contribution in [0.2, 0.25) is 0 Å². The van der Waals surface area contributed by atoms with Gasteiger partial charge in [0.05, 0.1) is 31.7 Å². The highest BCUT2D eigenvalue weighted by atomic mass is 16.6. The summed E-state index contributed by atoms with van der Waals surface area (Å²) < 4.78 is 25.1. The summed E-state index contributed by atoms with van der Waals surface area (Å²) in [4.78, 5) is 22.2. The van der Waals surface area contributed by atoms with Crippen LogP contribution >= 0.6 is 0 Å². The smallest absolute Gasteiger partial charge is 0.261 e. The van der Waals surface area contributed by atoms with Gasteiger partial charge in [-0.05, 0) is 42.0 Å². The third-order valence-electron chi connectivity index (χ3n) is 5.91. The van der Waals surface area contributed by atoms with Crippen molar-refractivity contribution in [3.63, 3.8) is 0 Å². The van der Waals surface area contributed by atoms with Crippen molar-refractivity contribution in [2.75, 3.05) is 27.4 Å². The highest BCUT2D eigenvalue weighted by Crippen LogP contribution is 2.34. The number of hydrogen-bond donors (Lipinski definition) is 0. The lowest BCUT2D eigenvalue weighted by atomic mass is 10.2. The van der Waals surface area contributed by atoms with E-state index in [2.05, 4.69) is 15.1 Å². The van der Waals surface area contributed by atoms with Crippen LogP contribution in [-0.4, -0.2) is 51.6 Å². The van der Waals surface area contributed by atoms with Crippen LogP contribution in [0.15, 0.2) is 59.7 Å². The highest BCUT2D eigenvalue weighted by molar-refractivity contribution is 5.79. The second-order valence-electron chi connectivity index (χ2n) is 8.00. The van der Waals surface area contributed by atoms with Crippen molar-refractivity contribution in [2.45, 2.75) is 6.54 Å². The van der Waals surface area contributed by atoms with E-state index in [1.165, 1.54) is 0 Å². The SMILES string of the molecule is COc1ccc(Cn2ccc3c(cnc4nc(-c5ccc6c(c5)OCCO6)nn43)c2=O)cc1OC. The number of benzene rings is 2. The Bertz CT molecular complexity index is 1640. The minimum atomic E-state index is -0.178. The molecule has 0 atom stereocenters. The van der Waals surface area contributed by atoms with Crippen molar-refractivity contribution in [1.82, 2.24) is 24.1 Å². The van der Waals surface area contributed by atoms with E-state index < -0.39 is 0 Å². The molecule has 1 aliphatic heterocycles. The Balaban J connectivity index is 1.38. The minimum Gasteiger partial charge on any atom is -0.493 e. The maximum atomic E-state index is 13.3. The Labute approximate surface area is 199 Å². The number of pyridine rings is 1. The fourth-order valence-corrected chi connectivity index (χ4v) is 4.16. The molecule has 3 aromatic heterocycles. The Morgan fingerprint density at radius 3 is 2.63 bits per heavy atom. The first kappa shape index (κ1) is 21.0. The summed E-state index contributed by atoms with van der Waals surface area (Å²) >= 11 is 0. The van der Waals surface area contributed by atoms with Crippen molar-refractivity contribution in [1.29, 1.82) is 0 Å². The molecule has 0 N–H and O–H groups in total. The van der Waals surface area contributed by atoms with Crippen LogP contribution < -0.4 is 24.5 Å². The van der Waals surface area contributed by atoms with Crippen LogP contribution in [-0.2, 0) is 6.54 Å². The van der Waals surface area contributed by atoms with E-state index in [4.69, 9.17) is 18.9 Å². The number of rotatable bonds is 5. The van der Waals surface area contributed by atoms with Gasteiger partial charge in [0.1, 0.15) is 13.2 Å². The Morgan fingerprint density at radius 2 is 1.80 bits per heavy atom. The predicted octanol–water partition coefficient (Wildman–Crippen LogP) is 2.94. The first-order chi connectivity index (χ1) is 17.1. The molecule has 0 unspecified atom stereocenters. The topological polar surface area (TPSA) is 102 Å². The van der Waals surface area contributed by atoms with Crippen LogP contribution in [0.4, 0.5) is 0 Å². The van der Waals surface area contributed by atoms with Gasteiger partial charge in [0.2, 0.25) is 0 Å². The number of hydrogen-bond acceptors (Lipinski definition) is 8. The molecule has 0 spiro atoms. The van der Waals surface area contributed by atoms with Gasteiger partial charge in [0.25, 0.3) is 11.3 Å². The molecule has 0 aliphatic carbocycles. The number of methoxy groups -OCH3 is 2. The van der Waals surface area contributed by atoms with Gasteiger partial charge in [-0.25, -0.2) is 4.98 Å². The maximum absolute atomic E-state index is 13.3. The fourth-order valence-electron chi connectivity index (χ4n) is 4.16. The second kappa shape index (κ2) is 8.32. The molecule has 0 saturated heterocycles. The molecule has 0 amide bonds. The van der Waals surface area contributed by atoms with Crippen LogP contribution in [0, 0.1) is 0 Å². The van der Waals surface area contributed by atoms with E-state index in [0.29, 0.717) is 65.3 Å². The molecule has 0 fully saturated rings. The van der Waals surface area contributed by atoms with Crippen molar-refractivity contribution in [3.05, 3.63) is 70.8 Å². The summed E-state index contributed by atoms with van der Waals surface area (Å²) in [6.07, 6.45) is 3.28. The molecule has 0 saturated carbocycles. The summed E-state index contributed by atoms with van der Waals surface area (Å²) in [6.45, 7) is 1.39. The molecule has 176 valence electrons. The number of fused-ring (bicyclic) bond motifs is 4. The molecule has 2 aromatic carbocycles. The number of nitrogens with zero attached hydrogens (tertiary/aromatic N) is 5. The summed E-state index contributed by atoms with van der Waals surface area (Å²) in [7, 11) is 3.17. The van der Waals surface area contributed by atoms with Gasteiger partial charge >= 0.3 is 0 Å². The Morgan fingerprint density at radius 1 is 0.971 bits per heavy atom. The molecule has 35 heavy (non-hydrogen) atoms. The molecular weight excluding hydrogens is 450 g/mol. The first-order valence-corrected chi connectivity index (χ1v) is 11.0. The van der Waals surface area contributed by atoms with Gasteiger partial charge in [0.15, 0.2) is 28.8 Å². The lowest BCUT2D eigenvalue weighted by Crippen LogP contribution is -2.21. The van der Waals surface area contributed by atoms with Crippen molar-refractivity contribution in [2.24, 2.45) is 0 Å². The Kier molecular flexibility index (Phi) is 4.98. The summed E-state index contributed by atoms with van der Waals surface area (Å²) in [5.74, 6) is 3.48. The van der Waals surface area contributed by atoms with Crippen LogP contribution in [0.3, 0.4) is 0 Å². The van der Waals surface area contributed by atoms with Crippen LogP contribution in [0.5, 0.6) is 23.0 Å². The average Bonchev–Trinajstić information content (AvgIpc) is 3.35. The van der Waals surface area contributed by atoms with Gasteiger partial charge in [-0.3, -0.25) is 4.79 Å². The third kappa shape index (κ3) is 3.59. The number of ether oxygens (including phenoxy) is 4.